The summed E-state index contributed by atoms with van der Waals surface area (Å²) in [5, 5.41) is 11.7. The van der Waals surface area contributed by atoms with E-state index in [0.717, 1.165) is 12.1 Å². The van der Waals surface area contributed by atoms with Crippen molar-refractivity contribution < 1.29 is 5.11 Å². The summed E-state index contributed by atoms with van der Waals surface area (Å²) < 4.78 is 2.31. The van der Waals surface area contributed by atoms with Gasteiger partial charge >= 0.3 is 0 Å². The van der Waals surface area contributed by atoms with Crippen molar-refractivity contribution in [2.75, 3.05) is 0 Å². The molecule has 2 heteroatoms. The number of aliphatic hydroxyl groups is 1. The molecule has 0 aliphatic heterocycles. The second kappa shape index (κ2) is 3.90. The summed E-state index contributed by atoms with van der Waals surface area (Å²) in [6.07, 6.45) is 0. The van der Waals surface area contributed by atoms with E-state index >= 15 is 0 Å². The predicted octanol–water partition coefficient (Wildman–Crippen LogP) is 3.31. The molecule has 0 aliphatic carbocycles. The van der Waals surface area contributed by atoms with Gasteiger partial charge in [0.15, 0.2) is 0 Å². The van der Waals surface area contributed by atoms with Crippen LogP contribution in [-0.4, -0.2) is 9.67 Å². The van der Waals surface area contributed by atoms with Crippen LogP contribution in [0.3, 0.4) is 0 Å². The zero-order valence-electron chi connectivity index (χ0n) is 9.85. The van der Waals surface area contributed by atoms with Crippen molar-refractivity contribution in [2.45, 2.75) is 20.1 Å². The molecule has 3 rings (SSSR count). The van der Waals surface area contributed by atoms with Crippen molar-refractivity contribution in [3.63, 3.8) is 0 Å². The smallest absolute Gasteiger partial charge is 0.0682 e. The van der Waals surface area contributed by atoms with E-state index in [1.165, 1.54) is 21.8 Å². The Morgan fingerprint density at radius 2 is 1.76 bits per heavy atom. The fraction of sp³-hybridized carbons (Fsp3) is 0.200. The van der Waals surface area contributed by atoms with Crippen molar-refractivity contribution in [1.82, 2.24) is 4.57 Å². The van der Waals surface area contributed by atoms with Crippen LogP contribution in [0.1, 0.15) is 12.5 Å². The number of para-hydroxylation sites is 1. The van der Waals surface area contributed by atoms with E-state index in [4.69, 9.17) is 0 Å². The maximum atomic E-state index is 9.23. The lowest BCUT2D eigenvalue weighted by Gasteiger charge is -2.02. The Hall–Kier alpha value is -1.80. The van der Waals surface area contributed by atoms with Crippen LogP contribution in [0.15, 0.2) is 42.5 Å². The molecule has 0 radical (unpaired) electrons. The van der Waals surface area contributed by atoms with Gasteiger partial charge in [0.25, 0.3) is 0 Å². The van der Waals surface area contributed by atoms with Crippen molar-refractivity contribution >= 4 is 21.8 Å². The van der Waals surface area contributed by atoms with Gasteiger partial charge in [-0.2, -0.15) is 0 Å². The van der Waals surface area contributed by atoms with Crippen LogP contribution in [0, 0.1) is 0 Å². The van der Waals surface area contributed by atoms with Crippen LogP contribution in [0.2, 0.25) is 0 Å². The Labute approximate surface area is 100 Å². The molecule has 1 aromatic heterocycles. The quantitative estimate of drug-likeness (QED) is 0.711. The summed E-state index contributed by atoms with van der Waals surface area (Å²) in [5.41, 5.74) is 3.47. The SMILES string of the molecule is CCn1c2ccccc2c2cc(CO)ccc21. The minimum Gasteiger partial charge on any atom is -0.392 e. The molecule has 0 saturated carbocycles. The van der Waals surface area contributed by atoms with Crippen LogP contribution in [0.25, 0.3) is 21.8 Å². The van der Waals surface area contributed by atoms with Crippen molar-refractivity contribution in [2.24, 2.45) is 0 Å². The van der Waals surface area contributed by atoms with Gasteiger partial charge in [-0.3, -0.25) is 0 Å². The molecule has 0 atom stereocenters. The lowest BCUT2D eigenvalue weighted by molar-refractivity contribution is 0.282. The maximum absolute atomic E-state index is 9.23. The lowest BCUT2D eigenvalue weighted by Crippen LogP contribution is -1.92. The first-order valence-electron chi connectivity index (χ1n) is 5.96. The molecule has 0 saturated heterocycles. The van der Waals surface area contributed by atoms with Crippen LogP contribution >= 0.6 is 0 Å². The maximum Gasteiger partial charge on any atom is 0.0682 e. The molecular formula is C15H15NO. The molecule has 1 heterocycles. The van der Waals surface area contributed by atoms with Crippen molar-refractivity contribution in [3.05, 3.63) is 48.0 Å². The van der Waals surface area contributed by atoms with Gasteiger partial charge in [0, 0.05) is 28.4 Å². The van der Waals surface area contributed by atoms with Crippen molar-refractivity contribution in [1.29, 1.82) is 0 Å². The Morgan fingerprint density at radius 1 is 1.00 bits per heavy atom. The Morgan fingerprint density at radius 3 is 2.53 bits per heavy atom. The van der Waals surface area contributed by atoms with Gasteiger partial charge in [0.05, 0.1) is 6.61 Å². The van der Waals surface area contributed by atoms with Crippen molar-refractivity contribution in [3.8, 4) is 0 Å². The second-order valence-corrected chi connectivity index (χ2v) is 4.27. The third kappa shape index (κ3) is 1.45. The van der Waals surface area contributed by atoms with Gasteiger partial charge in [-0.15, -0.1) is 0 Å². The highest BCUT2D eigenvalue weighted by molar-refractivity contribution is 6.08. The molecule has 0 unspecified atom stereocenters. The minimum absolute atomic E-state index is 0.0988. The molecule has 17 heavy (non-hydrogen) atoms. The summed E-state index contributed by atoms with van der Waals surface area (Å²) in [7, 11) is 0. The van der Waals surface area contributed by atoms with Crippen LogP contribution in [-0.2, 0) is 13.2 Å². The van der Waals surface area contributed by atoms with Crippen LogP contribution in [0.5, 0.6) is 0 Å². The van der Waals surface area contributed by atoms with Gasteiger partial charge in [-0.1, -0.05) is 24.3 Å². The molecule has 3 aromatic rings. The van der Waals surface area contributed by atoms with E-state index in [0.29, 0.717) is 0 Å². The second-order valence-electron chi connectivity index (χ2n) is 4.27. The highest BCUT2D eigenvalue weighted by Gasteiger charge is 2.08. The van der Waals surface area contributed by atoms with E-state index in [2.05, 4.69) is 47.9 Å². The van der Waals surface area contributed by atoms with Gasteiger partial charge in [0.1, 0.15) is 0 Å². The standard InChI is InChI=1S/C15H15NO/c1-2-16-14-6-4-3-5-12(14)13-9-11(10-17)7-8-15(13)16/h3-9,17H,2,10H2,1H3. The normalized spacial score (nSPS) is 11.4. The molecule has 0 bridgehead atoms. The first kappa shape index (κ1) is 10.4. The Bertz CT molecular complexity index is 682. The number of nitrogens with zero attached hydrogens (tertiary/aromatic N) is 1. The number of hydrogen-bond acceptors (Lipinski definition) is 1. The Kier molecular flexibility index (Phi) is 2.37. The molecule has 2 aromatic carbocycles. The number of aliphatic hydroxyl groups excluding tert-OH is 1. The topological polar surface area (TPSA) is 25.2 Å². The third-order valence-electron chi connectivity index (χ3n) is 3.34. The molecule has 86 valence electrons. The summed E-state index contributed by atoms with van der Waals surface area (Å²) in [4.78, 5) is 0. The third-order valence-corrected chi connectivity index (χ3v) is 3.34. The average Bonchev–Trinajstić information content (AvgIpc) is 2.71. The summed E-state index contributed by atoms with van der Waals surface area (Å²) >= 11 is 0. The van der Waals surface area contributed by atoms with Gasteiger partial charge in [-0.05, 0) is 30.7 Å². The van der Waals surface area contributed by atoms with Gasteiger partial charge in [0.2, 0.25) is 0 Å². The summed E-state index contributed by atoms with van der Waals surface area (Å²) in [6, 6.07) is 14.6. The van der Waals surface area contributed by atoms with Gasteiger partial charge < -0.3 is 9.67 Å². The fourth-order valence-corrected chi connectivity index (χ4v) is 2.54. The van der Waals surface area contributed by atoms with E-state index < -0.39 is 0 Å². The lowest BCUT2D eigenvalue weighted by atomic mass is 10.1. The van der Waals surface area contributed by atoms with E-state index in [1.807, 2.05) is 6.07 Å². The first-order valence-corrected chi connectivity index (χ1v) is 5.96. The molecule has 0 amide bonds. The highest BCUT2D eigenvalue weighted by Crippen LogP contribution is 2.29. The molecule has 0 fully saturated rings. The number of aryl methyl sites for hydroxylation is 1. The first-order chi connectivity index (χ1) is 8.35. The molecule has 0 aliphatic rings. The minimum atomic E-state index is 0.0988. The number of aromatic nitrogens is 1. The fourth-order valence-electron chi connectivity index (χ4n) is 2.54. The van der Waals surface area contributed by atoms with Crippen LogP contribution < -0.4 is 0 Å². The predicted molar refractivity (Wildman–Crippen MR) is 71.0 cm³/mol. The molecule has 0 spiro atoms. The van der Waals surface area contributed by atoms with E-state index in [9.17, 15) is 5.11 Å². The van der Waals surface area contributed by atoms with E-state index in [-0.39, 0.29) is 6.61 Å². The largest absolute Gasteiger partial charge is 0.392 e. The zero-order chi connectivity index (χ0) is 11.8. The number of fused-ring (bicyclic) bond motifs is 3. The van der Waals surface area contributed by atoms with E-state index in [1.54, 1.807) is 0 Å². The van der Waals surface area contributed by atoms with Gasteiger partial charge in [-0.25, -0.2) is 0 Å². The monoisotopic (exact) mass is 225 g/mol. The zero-order valence-corrected chi connectivity index (χ0v) is 9.85. The summed E-state index contributed by atoms with van der Waals surface area (Å²) in [6.45, 7) is 3.22. The number of hydrogen-bond donors (Lipinski definition) is 1. The number of rotatable bonds is 2. The molecule has 2 nitrogen and oxygen atoms in total. The number of benzene rings is 2. The Balaban J connectivity index is 2.49. The molecule has 1 N–H and O–H groups in total. The van der Waals surface area contributed by atoms with Crippen LogP contribution in [0.4, 0.5) is 0 Å². The highest BCUT2D eigenvalue weighted by atomic mass is 16.3. The average molecular weight is 225 g/mol. The summed E-state index contributed by atoms with van der Waals surface area (Å²) in [5.74, 6) is 0. The molecular weight excluding hydrogens is 210 g/mol.